The predicted octanol–water partition coefficient (Wildman–Crippen LogP) is 2.60. The largest absolute Gasteiger partial charge is 0.370 e. The molecule has 3 heterocycles. The van der Waals surface area contributed by atoms with Gasteiger partial charge < -0.3 is 15.0 Å². The second kappa shape index (κ2) is 10.2. The van der Waals surface area contributed by atoms with E-state index in [1.54, 1.807) is 11.3 Å². The number of morpholine rings is 1. The van der Waals surface area contributed by atoms with E-state index in [4.69, 9.17) is 9.73 Å². The van der Waals surface area contributed by atoms with Crippen LogP contribution in [0.2, 0.25) is 0 Å². The minimum atomic E-state index is 0. The highest BCUT2D eigenvalue weighted by atomic mass is 127. The summed E-state index contributed by atoms with van der Waals surface area (Å²) in [4.78, 5) is 12.8. The van der Waals surface area contributed by atoms with E-state index >= 15 is 0 Å². The SMILES string of the molecule is CCNC(=NCc1ncc(CC)s1)N1CCOC(c2cnn(C)c2)C1.I. The molecule has 26 heavy (non-hydrogen) atoms. The number of thiazole rings is 1. The minimum absolute atomic E-state index is 0. The molecule has 2 aromatic heterocycles. The van der Waals surface area contributed by atoms with Crippen LogP contribution < -0.4 is 5.32 Å². The van der Waals surface area contributed by atoms with Crippen molar-refractivity contribution in [3.05, 3.63) is 34.0 Å². The summed E-state index contributed by atoms with van der Waals surface area (Å²) < 4.78 is 7.74. The van der Waals surface area contributed by atoms with Gasteiger partial charge in [-0.05, 0) is 13.3 Å². The van der Waals surface area contributed by atoms with Crippen LogP contribution in [-0.2, 0) is 24.8 Å². The Bertz CT molecular complexity index is 716. The zero-order valence-electron chi connectivity index (χ0n) is 15.5. The van der Waals surface area contributed by atoms with E-state index in [0.29, 0.717) is 13.2 Å². The van der Waals surface area contributed by atoms with Gasteiger partial charge in [0.25, 0.3) is 0 Å². The molecule has 1 fully saturated rings. The molecule has 144 valence electrons. The number of aromatic nitrogens is 3. The van der Waals surface area contributed by atoms with Gasteiger partial charge in [0.15, 0.2) is 5.96 Å². The maximum absolute atomic E-state index is 5.93. The molecule has 3 rings (SSSR count). The molecule has 1 aliphatic heterocycles. The summed E-state index contributed by atoms with van der Waals surface area (Å²) in [7, 11) is 1.92. The first-order valence-corrected chi connectivity index (χ1v) is 9.58. The molecule has 1 unspecified atom stereocenters. The number of aliphatic imine (C=N–C) groups is 1. The first-order valence-electron chi connectivity index (χ1n) is 8.76. The van der Waals surface area contributed by atoms with E-state index < -0.39 is 0 Å². The Morgan fingerprint density at radius 2 is 2.27 bits per heavy atom. The van der Waals surface area contributed by atoms with Gasteiger partial charge in [0.2, 0.25) is 0 Å². The fraction of sp³-hybridized carbons (Fsp3) is 0.588. The van der Waals surface area contributed by atoms with Gasteiger partial charge in [-0.15, -0.1) is 35.3 Å². The lowest BCUT2D eigenvalue weighted by Crippen LogP contribution is -2.48. The number of hydrogen-bond donors (Lipinski definition) is 1. The van der Waals surface area contributed by atoms with E-state index in [1.807, 2.05) is 30.3 Å². The Morgan fingerprint density at radius 3 is 2.92 bits per heavy atom. The summed E-state index contributed by atoms with van der Waals surface area (Å²) in [5.74, 6) is 0.924. The number of guanidine groups is 1. The molecule has 0 saturated carbocycles. The van der Waals surface area contributed by atoms with Crippen LogP contribution in [0.5, 0.6) is 0 Å². The Labute approximate surface area is 175 Å². The Balaban J connectivity index is 0.00000243. The summed E-state index contributed by atoms with van der Waals surface area (Å²) >= 11 is 1.74. The standard InChI is InChI=1S/C17H26N6OS.HI/c1-4-14-9-19-16(25-14)10-20-17(18-5-2)23-6-7-24-15(12-23)13-8-21-22(3)11-13;/h8-9,11,15H,4-7,10,12H2,1-3H3,(H,18,20);1H. The van der Waals surface area contributed by atoms with Crippen molar-refractivity contribution in [2.75, 3.05) is 26.2 Å². The molecule has 0 aliphatic carbocycles. The summed E-state index contributed by atoms with van der Waals surface area (Å²) in [6, 6.07) is 0. The van der Waals surface area contributed by atoms with Crippen LogP contribution in [0.15, 0.2) is 23.6 Å². The second-order valence-electron chi connectivity index (χ2n) is 6.00. The van der Waals surface area contributed by atoms with E-state index in [1.165, 1.54) is 4.88 Å². The molecular weight excluding hydrogens is 463 g/mol. The lowest BCUT2D eigenvalue weighted by molar-refractivity contribution is -0.00805. The van der Waals surface area contributed by atoms with E-state index in [-0.39, 0.29) is 30.1 Å². The number of ether oxygens (including phenoxy) is 1. The molecular formula is C17H27IN6OS. The van der Waals surface area contributed by atoms with E-state index in [2.05, 4.69) is 34.1 Å². The predicted molar refractivity (Wildman–Crippen MR) is 115 cm³/mol. The van der Waals surface area contributed by atoms with Gasteiger partial charge in [-0.3, -0.25) is 4.68 Å². The van der Waals surface area contributed by atoms with Crippen LogP contribution in [0.1, 0.15) is 35.4 Å². The Morgan fingerprint density at radius 1 is 1.42 bits per heavy atom. The molecule has 0 spiro atoms. The number of aryl methyl sites for hydroxylation is 2. The monoisotopic (exact) mass is 490 g/mol. The molecule has 9 heteroatoms. The average Bonchev–Trinajstić information content (AvgIpc) is 3.27. The number of nitrogens with zero attached hydrogens (tertiary/aromatic N) is 5. The van der Waals surface area contributed by atoms with Crippen molar-refractivity contribution in [1.29, 1.82) is 0 Å². The number of halogens is 1. The van der Waals surface area contributed by atoms with Crippen LogP contribution >= 0.6 is 35.3 Å². The van der Waals surface area contributed by atoms with Gasteiger partial charge in [-0.2, -0.15) is 5.10 Å². The fourth-order valence-electron chi connectivity index (χ4n) is 2.80. The van der Waals surface area contributed by atoms with Crippen LogP contribution in [0, 0.1) is 0 Å². The van der Waals surface area contributed by atoms with Gasteiger partial charge in [0.1, 0.15) is 11.1 Å². The lowest BCUT2D eigenvalue weighted by atomic mass is 10.1. The normalized spacial score (nSPS) is 17.9. The summed E-state index contributed by atoms with van der Waals surface area (Å²) in [6.07, 6.45) is 6.89. The van der Waals surface area contributed by atoms with Gasteiger partial charge in [0.05, 0.1) is 25.9 Å². The fourth-order valence-corrected chi connectivity index (χ4v) is 3.59. The van der Waals surface area contributed by atoms with Crippen molar-refractivity contribution in [1.82, 2.24) is 25.0 Å². The first-order chi connectivity index (χ1) is 12.2. The Hall–Kier alpha value is -1.20. The molecule has 7 nitrogen and oxygen atoms in total. The highest BCUT2D eigenvalue weighted by Gasteiger charge is 2.25. The molecule has 0 radical (unpaired) electrons. The molecule has 1 atom stereocenters. The maximum Gasteiger partial charge on any atom is 0.194 e. The minimum Gasteiger partial charge on any atom is -0.370 e. The Kier molecular flexibility index (Phi) is 8.29. The quantitative estimate of drug-likeness (QED) is 0.397. The van der Waals surface area contributed by atoms with Gasteiger partial charge in [-0.1, -0.05) is 6.92 Å². The molecule has 2 aromatic rings. The van der Waals surface area contributed by atoms with E-state index in [9.17, 15) is 0 Å². The number of hydrogen-bond acceptors (Lipinski definition) is 5. The first kappa shape index (κ1) is 21.1. The maximum atomic E-state index is 5.93. The number of nitrogens with one attached hydrogen (secondary N) is 1. The zero-order chi connectivity index (χ0) is 17.6. The van der Waals surface area contributed by atoms with Crippen molar-refractivity contribution in [3.63, 3.8) is 0 Å². The average molecular weight is 490 g/mol. The van der Waals surface area contributed by atoms with Crippen molar-refractivity contribution in [2.45, 2.75) is 32.9 Å². The summed E-state index contributed by atoms with van der Waals surface area (Å²) in [6.45, 7) is 7.98. The number of rotatable bonds is 5. The van der Waals surface area contributed by atoms with Gasteiger partial charge in [0, 0.05) is 43.0 Å². The van der Waals surface area contributed by atoms with Crippen molar-refractivity contribution in [2.24, 2.45) is 12.0 Å². The third-order valence-electron chi connectivity index (χ3n) is 4.11. The van der Waals surface area contributed by atoms with Crippen molar-refractivity contribution >= 4 is 41.3 Å². The summed E-state index contributed by atoms with van der Waals surface area (Å²) in [5, 5.41) is 8.71. The highest BCUT2D eigenvalue weighted by molar-refractivity contribution is 14.0. The van der Waals surface area contributed by atoms with Crippen LogP contribution in [0.3, 0.4) is 0 Å². The molecule has 1 saturated heterocycles. The van der Waals surface area contributed by atoms with Gasteiger partial charge in [-0.25, -0.2) is 9.98 Å². The van der Waals surface area contributed by atoms with Crippen LogP contribution in [0.25, 0.3) is 0 Å². The van der Waals surface area contributed by atoms with Gasteiger partial charge >= 0.3 is 0 Å². The molecule has 1 N–H and O–H groups in total. The van der Waals surface area contributed by atoms with Crippen LogP contribution in [0.4, 0.5) is 0 Å². The van der Waals surface area contributed by atoms with Crippen LogP contribution in [-0.4, -0.2) is 51.9 Å². The van der Waals surface area contributed by atoms with Crippen molar-refractivity contribution < 1.29 is 4.74 Å². The molecule has 0 bridgehead atoms. The zero-order valence-corrected chi connectivity index (χ0v) is 18.7. The highest BCUT2D eigenvalue weighted by Crippen LogP contribution is 2.22. The summed E-state index contributed by atoms with van der Waals surface area (Å²) in [5.41, 5.74) is 1.11. The molecule has 1 aliphatic rings. The third-order valence-corrected chi connectivity index (χ3v) is 5.24. The molecule has 0 aromatic carbocycles. The van der Waals surface area contributed by atoms with E-state index in [0.717, 1.165) is 42.6 Å². The second-order valence-corrected chi connectivity index (χ2v) is 7.20. The van der Waals surface area contributed by atoms with Crippen molar-refractivity contribution in [3.8, 4) is 0 Å². The topological polar surface area (TPSA) is 67.6 Å². The smallest absolute Gasteiger partial charge is 0.194 e. The lowest BCUT2D eigenvalue weighted by Gasteiger charge is -2.34. The third kappa shape index (κ3) is 5.40. The molecule has 0 amide bonds.